The average molecular weight is 539 g/mol. The standard InChI is InChI=1S/C29H19F6N3O/c30-28(31,32)21-12-20(13-22(14-21)29(33,34)35)25-15-37-18-38(25)26-16-36-11-10-23(26)24-8-4-5-9-27(24)39-17-19-6-2-1-3-7-19/h1-16,18H,17H2. The zero-order valence-corrected chi connectivity index (χ0v) is 20.0. The van der Waals surface area contributed by atoms with Gasteiger partial charge in [0.2, 0.25) is 0 Å². The monoisotopic (exact) mass is 539 g/mol. The zero-order valence-electron chi connectivity index (χ0n) is 20.0. The summed E-state index contributed by atoms with van der Waals surface area (Å²) in [4.78, 5) is 8.18. The number of aromatic nitrogens is 3. The molecule has 5 rings (SSSR count). The van der Waals surface area contributed by atoms with Gasteiger partial charge in [-0.3, -0.25) is 9.55 Å². The van der Waals surface area contributed by atoms with Gasteiger partial charge in [0.1, 0.15) is 12.4 Å². The Balaban J connectivity index is 1.60. The highest BCUT2D eigenvalue weighted by Crippen LogP contribution is 2.40. The molecule has 0 aliphatic carbocycles. The lowest BCUT2D eigenvalue weighted by Crippen LogP contribution is -2.11. The van der Waals surface area contributed by atoms with Gasteiger partial charge in [0.15, 0.2) is 0 Å². The summed E-state index contributed by atoms with van der Waals surface area (Å²) in [5.41, 5.74) is -0.490. The van der Waals surface area contributed by atoms with Gasteiger partial charge in [0.25, 0.3) is 0 Å². The van der Waals surface area contributed by atoms with Crippen LogP contribution in [-0.2, 0) is 19.0 Å². The van der Waals surface area contributed by atoms with Gasteiger partial charge in [-0.15, -0.1) is 0 Å². The fourth-order valence-electron chi connectivity index (χ4n) is 4.16. The molecule has 2 heterocycles. The van der Waals surface area contributed by atoms with Crippen molar-refractivity contribution in [3.63, 3.8) is 0 Å². The van der Waals surface area contributed by atoms with E-state index in [0.717, 1.165) is 5.56 Å². The molecule has 0 saturated carbocycles. The molecule has 2 aromatic heterocycles. The van der Waals surface area contributed by atoms with Gasteiger partial charge in [-0.2, -0.15) is 26.3 Å². The third-order valence-electron chi connectivity index (χ3n) is 6.00. The smallest absolute Gasteiger partial charge is 0.416 e. The Hall–Kier alpha value is -4.60. The van der Waals surface area contributed by atoms with Gasteiger partial charge in [0.05, 0.1) is 41.2 Å². The minimum absolute atomic E-state index is 0.0311. The maximum absolute atomic E-state index is 13.5. The molecular formula is C29H19F6N3O. The summed E-state index contributed by atoms with van der Waals surface area (Å²) >= 11 is 0. The number of nitrogens with zero attached hydrogens (tertiary/aromatic N) is 3. The molecule has 3 aromatic carbocycles. The van der Waals surface area contributed by atoms with Gasteiger partial charge in [-0.05, 0) is 35.9 Å². The minimum Gasteiger partial charge on any atom is -0.488 e. The number of alkyl halides is 6. The van der Waals surface area contributed by atoms with Crippen molar-refractivity contribution in [3.05, 3.63) is 120 Å². The summed E-state index contributed by atoms with van der Waals surface area (Å²) in [6, 6.07) is 19.8. The minimum atomic E-state index is -4.98. The first-order chi connectivity index (χ1) is 18.6. The van der Waals surface area contributed by atoms with Crippen LogP contribution in [0.1, 0.15) is 16.7 Å². The number of ether oxygens (including phenoxy) is 1. The van der Waals surface area contributed by atoms with Gasteiger partial charge >= 0.3 is 12.4 Å². The lowest BCUT2D eigenvalue weighted by Gasteiger charge is -2.18. The molecule has 0 spiro atoms. The molecule has 5 aromatic rings. The Morgan fingerprint density at radius 1 is 0.692 bits per heavy atom. The van der Waals surface area contributed by atoms with Crippen molar-refractivity contribution < 1.29 is 31.1 Å². The molecule has 0 aliphatic rings. The quantitative estimate of drug-likeness (QED) is 0.204. The Morgan fingerprint density at radius 2 is 1.36 bits per heavy atom. The van der Waals surface area contributed by atoms with E-state index in [1.54, 1.807) is 24.3 Å². The molecule has 0 atom stereocenters. The SMILES string of the molecule is FC(F)(F)c1cc(-c2cncn2-c2cnccc2-c2ccccc2OCc2ccccc2)cc(C(F)(F)F)c1. The number of rotatable bonds is 6. The van der Waals surface area contributed by atoms with Crippen molar-refractivity contribution in [1.29, 1.82) is 0 Å². The lowest BCUT2D eigenvalue weighted by atomic mass is 10.0. The van der Waals surface area contributed by atoms with Crippen LogP contribution in [0, 0.1) is 0 Å². The summed E-state index contributed by atoms with van der Waals surface area (Å²) < 4.78 is 88.6. The molecule has 4 nitrogen and oxygen atoms in total. The zero-order chi connectivity index (χ0) is 27.6. The van der Waals surface area contributed by atoms with Gasteiger partial charge in [-0.1, -0.05) is 48.5 Å². The average Bonchev–Trinajstić information content (AvgIpc) is 3.41. The van der Waals surface area contributed by atoms with Crippen molar-refractivity contribution in [2.24, 2.45) is 0 Å². The first kappa shape index (κ1) is 26.0. The van der Waals surface area contributed by atoms with Crippen molar-refractivity contribution in [2.75, 3.05) is 0 Å². The third-order valence-corrected chi connectivity index (χ3v) is 6.00. The first-order valence-corrected chi connectivity index (χ1v) is 11.6. The molecule has 0 bridgehead atoms. The van der Waals surface area contributed by atoms with Crippen LogP contribution in [0.4, 0.5) is 26.3 Å². The number of hydrogen-bond acceptors (Lipinski definition) is 3. The predicted molar refractivity (Wildman–Crippen MR) is 133 cm³/mol. The van der Waals surface area contributed by atoms with Gasteiger partial charge in [-0.25, -0.2) is 4.98 Å². The van der Waals surface area contributed by atoms with E-state index in [1.165, 1.54) is 29.5 Å². The number of hydrogen-bond donors (Lipinski definition) is 0. The Labute approximate surface area is 219 Å². The van der Waals surface area contributed by atoms with Crippen LogP contribution in [0.25, 0.3) is 28.1 Å². The van der Waals surface area contributed by atoms with Gasteiger partial charge in [0, 0.05) is 22.9 Å². The topological polar surface area (TPSA) is 39.9 Å². The van der Waals surface area contributed by atoms with Crippen LogP contribution in [0.5, 0.6) is 5.75 Å². The van der Waals surface area contributed by atoms with Crippen molar-refractivity contribution in [3.8, 4) is 33.8 Å². The number of pyridine rings is 1. The second kappa shape index (κ2) is 10.3. The van der Waals surface area contributed by atoms with Crippen LogP contribution >= 0.6 is 0 Å². The van der Waals surface area contributed by atoms with Crippen LogP contribution in [0.2, 0.25) is 0 Å². The van der Waals surface area contributed by atoms with E-state index in [1.807, 2.05) is 36.4 Å². The Bertz CT molecular complexity index is 1560. The maximum Gasteiger partial charge on any atom is 0.416 e. The number of imidazole rings is 1. The first-order valence-electron chi connectivity index (χ1n) is 11.6. The molecule has 0 saturated heterocycles. The Kier molecular flexibility index (Phi) is 6.86. The van der Waals surface area contributed by atoms with Crippen LogP contribution in [0.15, 0.2) is 104 Å². The predicted octanol–water partition coefficient (Wildman–Crippen LogP) is 8.22. The van der Waals surface area contributed by atoms with E-state index >= 15 is 0 Å². The second-order valence-electron chi connectivity index (χ2n) is 8.61. The van der Waals surface area contributed by atoms with Crippen LogP contribution < -0.4 is 4.74 Å². The maximum atomic E-state index is 13.5. The normalized spacial score (nSPS) is 11.9. The van der Waals surface area contributed by atoms with Crippen molar-refractivity contribution in [2.45, 2.75) is 19.0 Å². The van der Waals surface area contributed by atoms with Crippen molar-refractivity contribution in [1.82, 2.24) is 14.5 Å². The molecule has 39 heavy (non-hydrogen) atoms. The number of para-hydroxylation sites is 1. The highest BCUT2D eigenvalue weighted by Gasteiger charge is 2.37. The fourth-order valence-corrected chi connectivity index (χ4v) is 4.16. The summed E-state index contributed by atoms with van der Waals surface area (Å²) in [5.74, 6) is 0.536. The van der Waals surface area contributed by atoms with Crippen LogP contribution in [0.3, 0.4) is 0 Å². The van der Waals surface area contributed by atoms with E-state index < -0.39 is 23.5 Å². The summed E-state index contributed by atoms with van der Waals surface area (Å²) in [6.07, 6.45) is -4.42. The molecule has 198 valence electrons. The lowest BCUT2D eigenvalue weighted by molar-refractivity contribution is -0.143. The second-order valence-corrected chi connectivity index (χ2v) is 8.61. The molecule has 0 amide bonds. The van der Waals surface area contributed by atoms with Crippen LogP contribution in [-0.4, -0.2) is 14.5 Å². The molecule has 0 radical (unpaired) electrons. The highest BCUT2D eigenvalue weighted by molar-refractivity contribution is 5.79. The molecule has 10 heteroatoms. The summed E-state index contributed by atoms with van der Waals surface area (Å²) in [5, 5.41) is 0. The molecular weight excluding hydrogens is 520 g/mol. The largest absolute Gasteiger partial charge is 0.488 e. The van der Waals surface area contributed by atoms with E-state index in [0.29, 0.717) is 41.3 Å². The fraction of sp³-hybridized carbons (Fsp3) is 0.103. The van der Waals surface area contributed by atoms with E-state index in [9.17, 15) is 26.3 Å². The molecule has 0 fully saturated rings. The number of benzene rings is 3. The number of halogens is 6. The van der Waals surface area contributed by atoms with E-state index in [2.05, 4.69) is 9.97 Å². The summed E-state index contributed by atoms with van der Waals surface area (Å²) in [7, 11) is 0. The molecule has 0 aliphatic heterocycles. The van der Waals surface area contributed by atoms with E-state index in [4.69, 9.17) is 4.74 Å². The molecule has 0 N–H and O–H groups in total. The Morgan fingerprint density at radius 3 is 2.05 bits per heavy atom. The van der Waals surface area contributed by atoms with Gasteiger partial charge < -0.3 is 4.74 Å². The molecule has 0 unspecified atom stereocenters. The third kappa shape index (κ3) is 5.64. The highest BCUT2D eigenvalue weighted by atomic mass is 19.4. The summed E-state index contributed by atoms with van der Waals surface area (Å²) in [6.45, 7) is 0.291. The van der Waals surface area contributed by atoms with E-state index in [-0.39, 0.29) is 17.3 Å². The van der Waals surface area contributed by atoms with Crippen molar-refractivity contribution >= 4 is 0 Å².